The number of hydrogen-bond acceptors (Lipinski definition) is 4. The molecule has 6 nitrogen and oxygen atoms in total. The van der Waals surface area contributed by atoms with E-state index in [9.17, 15) is 9.59 Å². The van der Waals surface area contributed by atoms with Crippen molar-refractivity contribution in [3.63, 3.8) is 0 Å². The Morgan fingerprint density at radius 3 is 2.60 bits per heavy atom. The van der Waals surface area contributed by atoms with E-state index in [0.717, 1.165) is 12.1 Å². The number of nitrogens with one attached hydrogen (secondary N) is 1. The van der Waals surface area contributed by atoms with Gasteiger partial charge in [0.1, 0.15) is 12.3 Å². The van der Waals surface area contributed by atoms with E-state index in [1.165, 1.54) is 4.90 Å². The molecule has 0 saturated carbocycles. The molecule has 0 spiro atoms. The summed E-state index contributed by atoms with van der Waals surface area (Å²) >= 11 is 0. The Morgan fingerprint density at radius 2 is 1.96 bits per heavy atom. The fourth-order valence-electron chi connectivity index (χ4n) is 2.41. The van der Waals surface area contributed by atoms with E-state index >= 15 is 0 Å². The molecule has 1 aromatic carbocycles. The molecule has 1 N–H and O–H groups in total. The van der Waals surface area contributed by atoms with Crippen molar-refractivity contribution >= 4 is 17.5 Å². The maximum absolute atomic E-state index is 12.6. The molecule has 0 fully saturated rings. The number of para-hydroxylation sites is 2. The lowest BCUT2D eigenvalue weighted by molar-refractivity contribution is -0.116. The van der Waals surface area contributed by atoms with Crippen LogP contribution in [0.5, 0.6) is 5.75 Å². The molecule has 0 atom stereocenters. The van der Waals surface area contributed by atoms with E-state index in [1.54, 1.807) is 37.6 Å². The Bertz CT molecular complexity index is 729. The summed E-state index contributed by atoms with van der Waals surface area (Å²) in [6, 6.07) is 10.7. The van der Waals surface area contributed by atoms with E-state index in [4.69, 9.17) is 4.74 Å². The van der Waals surface area contributed by atoms with Crippen LogP contribution in [-0.2, 0) is 4.79 Å². The van der Waals surface area contributed by atoms with Crippen molar-refractivity contribution in [3.8, 4) is 5.75 Å². The summed E-state index contributed by atoms with van der Waals surface area (Å²) in [5, 5.41) is 2.79. The first-order chi connectivity index (χ1) is 12.0. The monoisotopic (exact) mass is 341 g/mol. The van der Waals surface area contributed by atoms with E-state index in [0.29, 0.717) is 23.5 Å². The average molecular weight is 341 g/mol. The van der Waals surface area contributed by atoms with Crippen molar-refractivity contribution < 1.29 is 14.3 Å². The summed E-state index contributed by atoms with van der Waals surface area (Å²) in [4.78, 5) is 30.7. The molecular weight excluding hydrogens is 318 g/mol. The van der Waals surface area contributed by atoms with Crippen LogP contribution in [0.3, 0.4) is 0 Å². The smallest absolute Gasteiger partial charge is 0.255 e. The van der Waals surface area contributed by atoms with Crippen LogP contribution in [-0.4, -0.2) is 41.9 Å². The highest BCUT2D eigenvalue weighted by Crippen LogP contribution is 2.22. The second-order valence-electron chi connectivity index (χ2n) is 5.66. The third-order valence-corrected chi connectivity index (χ3v) is 3.65. The van der Waals surface area contributed by atoms with Crippen molar-refractivity contribution in [2.75, 3.05) is 25.5 Å². The van der Waals surface area contributed by atoms with Gasteiger partial charge in [0.05, 0.1) is 18.4 Å². The molecule has 1 aromatic heterocycles. The molecular formula is C19H23N3O3. The van der Waals surface area contributed by atoms with E-state index in [1.807, 2.05) is 26.0 Å². The van der Waals surface area contributed by atoms with Crippen LogP contribution >= 0.6 is 0 Å². The average Bonchev–Trinajstić information content (AvgIpc) is 2.62. The molecule has 1 heterocycles. The van der Waals surface area contributed by atoms with Gasteiger partial charge in [-0.1, -0.05) is 19.1 Å². The number of anilines is 1. The molecule has 6 heteroatoms. The Kier molecular flexibility index (Phi) is 6.51. The zero-order valence-corrected chi connectivity index (χ0v) is 14.8. The highest BCUT2D eigenvalue weighted by atomic mass is 16.5. The zero-order valence-electron chi connectivity index (χ0n) is 14.8. The first kappa shape index (κ1) is 18.4. The maximum Gasteiger partial charge on any atom is 0.255 e. The largest absolute Gasteiger partial charge is 0.495 e. The van der Waals surface area contributed by atoms with Crippen LogP contribution in [0.15, 0.2) is 42.6 Å². The number of aromatic nitrogens is 1. The number of benzene rings is 1. The highest BCUT2D eigenvalue weighted by molar-refractivity contribution is 5.99. The second kappa shape index (κ2) is 8.82. The zero-order chi connectivity index (χ0) is 18.2. The number of carbonyl (C=O) groups is 2. The first-order valence-corrected chi connectivity index (χ1v) is 8.20. The van der Waals surface area contributed by atoms with E-state index < -0.39 is 0 Å². The molecule has 0 bridgehead atoms. The molecule has 0 saturated heterocycles. The van der Waals surface area contributed by atoms with Gasteiger partial charge in [-0.15, -0.1) is 0 Å². The molecule has 2 aromatic rings. The topological polar surface area (TPSA) is 71.5 Å². The van der Waals surface area contributed by atoms with Gasteiger partial charge in [-0.05, 0) is 37.6 Å². The molecule has 0 aliphatic heterocycles. The lowest BCUT2D eigenvalue weighted by Crippen LogP contribution is -2.38. The van der Waals surface area contributed by atoms with Gasteiger partial charge in [0.2, 0.25) is 5.91 Å². The van der Waals surface area contributed by atoms with Gasteiger partial charge < -0.3 is 15.0 Å². The van der Waals surface area contributed by atoms with Gasteiger partial charge >= 0.3 is 0 Å². The minimum Gasteiger partial charge on any atom is -0.495 e. The number of amides is 2. The minimum absolute atomic E-state index is 0.0292. The summed E-state index contributed by atoms with van der Waals surface area (Å²) in [5.41, 5.74) is 1.90. The van der Waals surface area contributed by atoms with E-state index in [-0.39, 0.29) is 18.4 Å². The fraction of sp³-hybridized carbons (Fsp3) is 0.316. The van der Waals surface area contributed by atoms with Crippen molar-refractivity contribution in [2.24, 2.45) is 0 Å². The first-order valence-electron chi connectivity index (χ1n) is 8.20. The van der Waals surface area contributed by atoms with Gasteiger partial charge in [0, 0.05) is 18.4 Å². The van der Waals surface area contributed by atoms with Crippen LogP contribution in [0.25, 0.3) is 0 Å². The highest BCUT2D eigenvalue weighted by Gasteiger charge is 2.19. The van der Waals surface area contributed by atoms with Crippen LogP contribution in [0.2, 0.25) is 0 Å². The molecule has 2 rings (SSSR count). The van der Waals surface area contributed by atoms with Crippen molar-refractivity contribution in [3.05, 3.63) is 53.9 Å². The molecule has 0 aliphatic rings. The van der Waals surface area contributed by atoms with Gasteiger partial charge in [-0.3, -0.25) is 14.6 Å². The van der Waals surface area contributed by atoms with Gasteiger partial charge in [-0.25, -0.2) is 0 Å². The quantitative estimate of drug-likeness (QED) is 0.840. The SMILES string of the molecule is CCCN(CC(=O)Nc1ccccc1OC)C(=O)c1ccc(C)nc1. The number of carbonyl (C=O) groups excluding carboxylic acids is 2. The standard InChI is InChI=1S/C19H23N3O3/c1-4-11-22(19(24)15-10-9-14(2)20-12-15)13-18(23)21-16-7-5-6-8-17(16)25-3/h5-10,12H,4,11,13H2,1-3H3,(H,21,23). The van der Waals surface area contributed by atoms with Crippen molar-refractivity contribution in [1.29, 1.82) is 0 Å². The minimum atomic E-state index is -0.272. The maximum atomic E-state index is 12.6. The normalized spacial score (nSPS) is 10.2. The molecule has 132 valence electrons. The fourth-order valence-corrected chi connectivity index (χ4v) is 2.41. The van der Waals surface area contributed by atoms with Crippen LogP contribution in [0.4, 0.5) is 5.69 Å². The third kappa shape index (κ3) is 5.04. The number of methoxy groups -OCH3 is 1. The molecule has 2 amide bonds. The van der Waals surface area contributed by atoms with Crippen molar-refractivity contribution in [1.82, 2.24) is 9.88 Å². The lowest BCUT2D eigenvalue weighted by Gasteiger charge is -2.22. The Hall–Kier alpha value is -2.89. The molecule has 25 heavy (non-hydrogen) atoms. The summed E-state index contributed by atoms with van der Waals surface area (Å²) < 4.78 is 5.22. The number of aryl methyl sites for hydroxylation is 1. The number of ether oxygens (including phenoxy) is 1. The summed E-state index contributed by atoms with van der Waals surface area (Å²) in [5.74, 6) is 0.0999. The van der Waals surface area contributed by atoms with Crippen molar-refractivity contribution in [2.45, 2.75) is 20.3 Å². The number of nitrogens with zero attached hydrogens (tertiary/aromatic N) is 2. The summed E-state index contributed by atoms with van der Waals surface area (Å²) in [6.07, 6.45) is 2.30. The van der Waals surface area contributed by atoms with Gasteiger partial charge in [0.15, 0.2) is 0 Å². The lowest BCUT2D eigenvalue weighted by atomic mass is 10.2. The Balaban J connectivity index is 2.08. The van der Waals surface area contributed by atoms with Gasteiger partial charge in [-0.2, -0.15) is 0 Å². The Labute approximate surface area is 147 Å². The van der Waals surface area contributed by atoms with Crippen LogP contribution in [0, 0.1) is 6.92 Å². The predicted octanol–water partition coefficient (Wildman–Crippen LogP) is 2.89. The summed E-state index contributed by atoms with van der Waals surface area (Å²) in [7, 11) is 1.54. The molecule has 0 unspecified atom stereocenters. The van der Waals surface area contributed by atoms with Gasteiger partial charge in [0.25, 0.3) is 5.91 Å². The van der Waals surface area contributed by atoms with Crippen LogP contribution in [0.1, 0.15) is 29.4 Å². The second-order valence-corrected chi connectivity index (χ2v) is 5.66. The number of pyridine rings is 1. The predicted molar refractivity (Wildman–Crippen MR) is 96.8 cm³/mol. The third-order valence-electron chi connectivity index (χ3n) is 3.65. The van der Waals surface area contributed by atoms with Crippen LogP contribution < -0.4 is 10.1 Å². The molecule has 0 aliphatic carbocycles. The Morgan fingerprint density at radius 1 is 1.20 bits per heavy atom. The summed E-state index contributed by atoms with van der Waals surface area (Å²) in [6.45, 7) is 4.29. The number of hydrogen-bond donors (Lipinski definition) is 1. The number of rotatable bonds is 7. The molecule has 0 radical (unpaired) electrons. The van der Waals surface area contributed by atoms with E-state index in [2.05, 4.69) is 10.3 Å².